The number of hydrogen-bond acceptors (Lipinski definition) is 2. The second-order valence-corrected chi connectivity index (χ2v) is 6.15. The maximum absolute atomic E-state index is 3.81. The van der Waals surface area contributed by atoms with Gasteiger partial charge in [-0.1, -0.05) is 36.8 Å². The molecule has 3 unspecified atom stereocenters. The highest BCUT2D eigenvalue weighted by Gasteiger charge is 2.27. The summed E-state index contributed by atoms with van der Waals surface area (Å²) in [6.45, 7) is 2.31. The zero-order chi connectivity index (χ0) is 12.1. The SMILES string of the molecule is CSC1CCCC1NC(C)Cc1ccccc1. The van der Waals surface area contributed by atoms with E-state index < -0.39 is 0 Å². The van der Waals surface area contributed by atoms with Gasteiger partial charge in [0, 0.05) is 17.3 Å². The normalized spacial score (nSPS) is 26.0. The van der Waals surface area contributed by atoms with Crippen molar-refractivity contribution in [3.8, 4) is 0 Å². The second-order valence-electron chi connectivity index (χ2n) is 5.07. The fourth-order valence-corrected chi connectivity index (χ4v) is 3.74. The van der Waals surface area contributed by atoms with Gasteiger partial charge in [0.1, 0.15) is 0 Å². The first-order valence-electron chi connectivity index (χ1n) is 6.62. The Morgan fingerprint density at radius 1 is 1.29 bits per heavy atom. The molecule has 2 heteroatoms. The van der Waals surface area contributed by atoms with Crippen molar-refractivity contribution >= 4 is 11.8 Å². The number of hydrogen-bond donors (Lipinski definition) is 1. The first-order valence-corrected chi connectivity index (χ1v) is 7.91. The van der Waals surface area contributed by atoms with Crippen LogP contribution in [0.25, 0.3) is 0 Å². The Hall–Kier alpha value is -0.470. The van der Waals surface area contributed by atoms with Crippen molar-refractivity contribution in [3.63, 3.8) is 0 Å². The molecule has 0 bridgehead atoms. The summed E-state index contributed by atoms with van der Waals surface area (Å²) < 4.78 is 0. The molecule has 17 heavy (non-hydrogen) atoms. The van der Waals surface area contributed by atoms with Gasteiger partial charge in [0.25, 0.3) is 0 Å². The molecule has 94 valence electrons. The van der Waals surface area contributed by atoms with E-state index in [1.807, 2.05) is 11.8 Å². The molecule has 2 rings (SSSR count). The van der Waals surface area contributed by atoms with Gasteiger partial charge in [-0.3, -0.25) is 0 Å². The molecule has 1 aromatic rings. The van der Waals surface area contributed by atoms with Crippen LogP contribution < -0.4 is 5.32 Å². The van der Waals surface area contributed by atoms with E-state index >= 15 is 0 Å². The monoisotopic (exact) mass is 249 g/mol. The molecule has 1 nitrogen and oxygen atoms in total. The van der Waals surface area contributed by atoms with Gasteiger partial charge >= 0.3 is 0 Å². The van der Waals surface area contributed by atoms with Gasteiger partial charge in [-0.2, -0.15) is 11.8 Å². The van der Waals surface area contributed by atoms with Gasteiger partial charge in [0.2, 0.25) is 0 Å². The average Bonchev–Trinajstić information content (AvgIpc) is 2.77. The highest BCUT2D eigenvalue weighted by Crippen LogP contribution is 2.28. The summed E-state index contributed by atoms with van der Waals surface area (Å²) >= 11 is 2.03. The van der Waals surface area contributed by atoms with Gasteiger partial charge in [-0.25, -0.2) is 0 Å². The van der Waals surface area contributed by atoms with E-state index in [9.17, 15) is 0 Å². The number of benzene rings is 1. The predicted octanol–water partition coefficient (Wildman–Crippen LogP) is 3.49. The minimum atomic E-state index is 0.579. The molecule has 0 spiro atoms. The Bertz CT molecular complexity index is 325. The smallest absolute Gasteiger partial charge is 0.0198 e. The van der Waals surface area contributed by atoms with Gasteiger partial charge < -0.3 is 5.32 Å². The van der Waals surface area contributed by atoms with Crippen LogP contribution in [0.15, 0.2) is 30.3 Å². The van der Waals surface area contributed by atoms with Gasteiger partial charge in [0.05, 0.1) is 0 Å². The molecule has 1 N–H and O–H groups in total. The van der Waals surface area contributed by atoms with Gasteiger partial charge in [0.15, 0.2) is 0 Å². The van der Waals surface area contributed by atoms with Crippen molar-refractivity contribution in [2.75, 3.05) is 6.26 Å². The van der Waals surface area contributed by atoms with Crippen LogP contribution in [-0.2, 0) is 6.42 Å². The summed E-state index contributed by atoms with van der Waals surface area (Å²) in [4.78, 5) is 0. The Morgan fingerprint density at radius 2 is 2.06 bits per heavy atom. The van der Waals surface area contributed by atoms with Crippen molar-refractivity contribution in [3.05, 3.63) is 35.9 Å². The van der Waals surface area contributed by atoms with Crippen molar-refractivity contribution in [2.24, 2.45) is 0 Å². The third-order valence-electron chi connectivity index (χ3n) is 3.64. The molecule has 3 atom stereocenters. The third kappa shape index (κ3) is 3.75. The molecule has 0 aliphatic heterocycles. The van der Waals surface area contributed by atoms with Crippen molar-refractivity contribution in [1.82, 2.24) is 5.32 Å². The number of rotatable bonds is 5. The lowest BCUT2D eigenvalue weighted by Gasteiger charge is -2.24. The summed E-state index contributed by atoms with van der Waals surface area (Å²) in [5.74, 6) is 0. The van der Waals surface area contributed by atoms with Gasteiger partial charge in [-0.15, -0.1) is 0 Å². The average molecular weight is 249 g/mol. The van der Waals surface area contributed by atoms with E-state index in [0.29, 0.717) is 6.04 Å². The Morgan fingerprint density at radius 3 is 2.76 bits per heavy atom. The quantitative estimate of drug-likeness (QED) is 0.857. The summed E-state index contributed by atoms with van der Waals surface area (Å²) in [5.41, 5.74) is 1.44. The van der Waals surface area contributed by atoms with Crippen molar-refractivity contribution in [2.45, 2.75) is 49.9 Å². The molecular weight excluding hydrogens is 226 g/mol. The fraction of sp³-hybridized carbons (Fsp3) is 0.600. The highest BCUT2D eigenvalue weighted by molar-refractivity contribution is 7.99. The molecule has 1 aliphatic rings. The largest absolute Gasteiger partial charge is 0.310 e. The van der Waals surface area contributed by atoms with Crippen LogP contribution >= 0.6 is 11.8 Å². The van der Waals surface area contributed by atoms with E-state index in [2.05, 4.69) is 48.8 Å². The Kier molecular flexibility index (Phi) is 4.93. The lowest BCUT2D eigenvalue weighted by atomic mass is 10.1. The van der Waals surface area contributed by atoms with Crippen LogP contribution in [0, 0.1) is 0 Å². The van der Waals surface area contributed by atoms with Crippen LogP contribution in [0.5, 0.6) is 0 Å². The van der Waals surface area contributed by atoms with Gasteiger partial charge in [-0.05, 0) is 38.0 Å². The van der Waals surface area contributed by atoms with E-state index in [4.69, 9.17) is 0 Å². The van der Waals surface area contributed by atoms with E-state index in [1.54, 1.807) is 0 Å². The topological polar surface area (TPSA) is 12.0 Å². The molecule has 0 amide bonds. The Labute approximate surface area is 109 Å². The lowest BCUT2D eigenvalue weighted by Crippen LogP contribution is -2.41. The van der Waals surface area contributed by atoms with E-state index in [0.717, 1.165) is 17.7 Å². The molecule has 0 aromatic heterocycles. The first-order chi connectivity index (χ1) is 8.29. The molecule has 0 saturated heterocycles. The van der Waals surface area contributed by atoms with Crippen LogP contribution in [0.4, 0.5) is 0 Å². The van der Waals surface area contributed by atoms with Crippen molar-refractivity contribution in [1.29, 1.82) is 0 Å². The molecule has 1 fully saturated rings. The first kappa shape index (κ1) is 13.0. The number of nitrogens with one attached hydrogen (secondary N) is 1. The zero-order valence-electron chi connectivity index (χ0n) is 10.9. The fourth-order valence-electron chi connectivity index (χ4n) is 2.79. The molecule has 1 saturated carbocycles. The summed E-state index contributed by atoms with van der Waals surface area (Å²) in [5, 5.41) is 4.63. The standard InChI is InChI=1S/C15H23NS/c1-12(11-13-7-4-3-5-8-13)16-14-9-6-10-15(14)17-2/h3-5,7-8,12,14-16H,6,9-11H2,1-2H3. The third-order valence-corrected chi connectivity index (χ3v) is 4.81. The summed E-state index contributed by atoms with van der Waals surface area (Å²) in [6, 6.07) is 12.1. The van der Waals surface area contributed by atoms with Crippen LogP contribution in [-0.4, -0.2) is 23.6 Å². The summed E-state index contributed by atoms with van der Waals surface area (Å²) in [7, 11) is 0. The van der Waals surface area contributed by atoms with E-state index in [1.165, 1.54) is 24.8 Å². The number of thioether (sulfide) groups is 1. The molecule has 1 aromatic carbocycles. The maximum Gasteiger partial charge on any atom is 0.0198 e. The summed E-state index contributed by atoms with van der Waals surface area (Å²) in [6.07, 6.45) is 7.51. The van der Waals surface area contributed by atoms with Crippen LogP contribution in [0.2, 0.25) is 0 Å². The zero-order valence-corrected chi connectivity index (χ0v) is 11.7. The predicted molar refractivity (Wildman–Crippen MR) is 77.7 cm³/mol. The molecule has 0 radical (unpaired) electrons. The van der Waals surface area contributed by atoms with Crippen molar-refractivity contribution < 1.29 is 0 Å². The minimum absolute atomic E-state index is 0.579. The second kappa shape index (κ2) is 6.46. The molecular formula is C15H23NS. The van der Waals surface area contributed by atoms with Crippen LogP contribution in [0.1, 0.15) is 31.7 Å². The minimum Gasteiger partial charge on any atom is -0.310 e. The van der Waals surface area contributed by atoms with Crippen LogP contribution in [0.3, 0.4) is 0 Å². The highest BCUT2D eigenvalue weighted by atomic mass is 32.2. The molecule has 0 heterocycles. The Balaban J connectivity index is 1.83. The lowest BCUT2D eigenvalue weighted by molar-refractivity contribution is 0.454. The maximum atomic E-state index is 3.81. The van der Waals surface area contributed by atoms with E-state index in [-0.39, 0.29) is 0 Å². The molecule has 1 aliphatic carbocycles.